The van der Waals surface area contributed by atoms with E-state index in [1.165, 1.54) is 6.07 Å². The molecule has 2 atom stereocenters. The van der Waals surface area contributed by atoms with E-state index in [0.29, 0.717) is 10.9 Å². The van der Waals surface area contributed by atoms with Gasteiger partial charge in [0.1, 0.15) is 5.82 Å². The van der Waals surface area contributed by atoms with Crippen molar-refractivity contribution in [2.75, 3.05) is 6.54 Å². The van der Waals surface area contributed by atoms with Gasteiger partial charge in [0.25, 0.3) is 0 Å². The molecule has 0 amide bonds. The zero-order chi connectivity index (χ0) is 11.0. The molecule has 15 heavy (non-hydrogen) atoms. The van der Waals surface area contributed by atoms with Crippen LogP contribution in [0.4, 0.5) is 4.39 Å². The molecule has 0 aliphatic heterocycles. The highest BCUT2D eigenvalue weighted by Gasteiger charge is 2.30. The van der Waals surface area contributed by atoms with E-state index in [2.05, 4.69) is 19.2 Å². The summed E-state index contributed by atoms with van der Waals surface area (Å²) in [6.45, 7) is 5.12. The molecule has 0 fully saturated rings. The van der Waals surface area contributed by atoms with Gasteiger partial charge in [-0.05, 0) is 42.1 Å². The zero-order valence-corrected chi connectivity index (χ0v) is 9.74. The van der Waals surface area contributed by atoms with Crippen LogP contribution >= 0.6 is 11.6 Å². The van der Waals surface area contributed by atoms with Crippen LogP contribution < -0.4 is 5.32 Å². The Labute approximate surface area is 94.6 Å². The predicted octanol–water partition coefficient (Wildman–Crippen LogP) is 3.32. The highest BCUT2D eigenvalue weighted by atomic mass is 35.5. The third kappa shape index (κ3) is 1.88. The summed E-state index contributed by atoms with van der Waals surface area (Å²) in [7, 11) is 0. The van der Waals surface area contributed by atoms with Gasteiger partial charge < -0.3 is 5.32 Å². The third-order valence-corrected chi connectivity index (χ3v) is 3.39. The summed E-state index contributed by atoms with van der Waals surface area (Å²) in [5.74, 6) is 0.245. The zero-order valence-electron chi connectivity index (χ0n) is 8.98. The van der Waals surface area contributed by atoms with Gasteiger partial charge in [-0.3, -0.25) is 0 Å². The normalized spacial score (nSPS) is 24.3. The molecule has 0 radical (unpaired) electrons. The van der Waals surface area contributed by atoms with Crippen LogP contribution in [0.1, 0.15) is 31.0 Å². The first kappa shape index (κ1) is 10.9. The van der Waals surface area contributed by atoms with Crippen molar-refractivity contribution in [1.82, 2.24) is 5.32 Å². The Morgan fingerprint density at radius 1 is 1.53 bits per heavy atom. The van der Waals surface area contributed by atoms with E-state index in [0.717, 1.165) is 24.1 Å². The fraction of sp³-hybridized carbons (Fsp3) is 0.500. The summed E-state index contributed by atoms with van der Waals surface area (Å²) in [6.07, 6.45) is 0.937. The van der Waals surface area contributed by atoms with Crippen LogP contribution in [0.25, 0.3) is 0 Å². The lowest BCUT2D eigenvalue weighted by Gasteiger charge is -2.17. The topological polar surface area (TPSA) is 12.0 Å². The molecule has 1 nitrogen and oxygen atoms in total. The van der Waals surface area contributed by atoms with Crippen molar-refractivity contribution in [1.29, 1.82) is 0 Å². The van der Waals surface area contributed by atoms with Crippen LogP contribution in [0.2, 0.25) is 5.02 Å². The molecular formula is C12H15ClFN. The molecule has 0 aromatic heterocycles. The van der Waals surface area contributed by atoms with Crippen molar-refractivity contribution in [3.63, 3.8) is 0 Å². The number of hydrogen-bond donors (Lipinski definition) is 1. The number of hydrogen-bond acceptors (Lipinski definition) is 1. The van der Waals surface area contributed by atoms with Gasteiger partial charge in [-0.2, -0.15) is 0 Å². The molecule has 0 bridgehead atoms. The quantitative estimate of drug-likeness (QED) is 0.818. The maximum atomic E-state index is 13.3. The van der Waals surface area contributed by atoms with Gasteiger partial charge in [0, 0.05) is 11.1 Å². The van der Waals surface area contributed by atoms with Gasteiger partial charge in [-0.1, -0.05) is 25.4 Å². The van der Waals surface area contributed by atoms with Crippen LogP contribution in [0.3, 0.4) is 0 Å². The van der Waals surface area contributed by atoms with Gasteiger partial charge in [-0.25, -0.2) is 4.39 Å². The molecule has 2 rings (SSSR count). The monoisotopic (exact) mass is 227 g/mol. The third-order valence-electron chi connectivity index (χ3n) is 3.05. The van der Waals surface area contributed by atoms with E-state index < -0.39 is 0 Å². The van der Waals surface area contributed by atoms with Gasteiger partial charge in [-0.15, -0.1) is 0 Å². The highest BCUT2D eigenvalue weighted by Crippen LogP contribution is 2.39. The van der Waals surface area contributed by atoms with E-state index in [4.69, 9.17) is 11.6 Å². The predicted molar refractivity (Wildman–Crippen MR) is 60.7 cm³/mol. The second-order valence-corrected chi connectivity index (χ2v) is 4.58. The Morgan fingerprint density at radius 2 is 2.27 bits per heavy atom. The Kier molecular flexibility index (Phi) is 2.98. The van der Waals surface area contributed by atoms with Crippen molar-refractivity contribution >= 4 is 11.6 Å². The number of rotatable bonds is 2. The number of benzene rings is 1. The minimum atomic E-state index is -0.240. The fourth-order valence-electron chi connectivity index (χ4n) is 2.39. The Morgan fingerprint density at radius 3 is 2.93 bits per heavy atom. The minimum Gasteiger partial charge on any atom is -0.310 e. The van der Waals surface area contributed by atoms with Crippen LogP contribution in [0.15, 0.2) is 12.1 Å². The molecular weight excluding hydrogens is 213 g/mol. The molecule has 0 spiro atoms. The summed E-state index contributed by atoms with van der Waals surface area (Å²) >= 11 is 6.04. The van der Waals surface area contributed by atoms with Crippen molar-refractivity contribution in [2.24, 2.45) is 5.92 Å². The molecule has 0 heterocycles. The molecule has 3 heteroatoms. The summed E-state index contributed by atoms with van der Waals surface area (Å²) in [5.41, 5.74) is 2.14. The minimum absolute atomic E-state index is 0.240. The van der Waals surface area contributed by atoms with Crippen molar-refractivity contribution < 1.29 is 4.39 Å². The maximum Gasteiger partial charge on any atom is 0.125 e. The summed E-state index contributed by atoms with van der Waals surface area (Å²) in [4.78, 5) is 0. The number of fused-ring (bicyclic) bond motifs is 1. The fourth-order valence-corrected chi connectivity index (χ4v) is 2.68. The summed E-state index contributed by atoms with van der Waals surface area (Å²) < 4.78 is 13.3. The Bertz CT molecular complexity index is 378. The molecule has 0 saturated carbocycles. The highest BCUT2D eigenvalue weighted by molar-refractivity contribution is 6.31. The first-order valence-corrected chi connectivity index (χ1v) is 5.72. The van der Waals surface area contributed by atoms with E-state index in [9.17, 15) is 4.39 Å². The lowest BCUT2D eigenvalue weighted by Crippen LogP contribution is -2.23. The Balaban J connectivity index is 2.43. The average Bonchev–Trinajstić information content (AvgIpc) is 2.46. The van der Waals surface area contributed by atoms with Gasteiger partial charge in [0.15, 0.2) is 0 Å². The molecule has 0 saturated heterocycles. The van der Waals surface area contributed by atoms with E-state index in [1.54, 1.807) is 6.07 Å². The number of halogens is 2. The van der Waals surface area contributed by atoms with E-state index in [-0.39, 0.29) is 11.9 Å². The summed E-state index contributed by atoms with van der Waals surface area (Å²) in [5, 5.41) is 3.95. The number of nitrogens with one attached hydrogen (secondary N) is 1. The molecule has 82 valence electrons. The van der Waals surface area contributed by atoms with Crippen molar-refractivity contribution in [2.45, 2.75) is 26.3 Å². The molecule has 1 aliphatic rings. The average molecular weight is 228 g/mol. The van der Waals surface area contributed by atoms with Crippen molar-refractivity contribution in [3.05, 3.63) is 34.1 Å². The van der Waals surface area contributed by atoms with Gasteiger partial charge in [0.05, 0.1) is 0 Å². The lowest BCUT2D eigenvalue weighted by atomic mass is 10.0. The van der Waals surface area contributed by atoms with Crippen LogP contribution in [0.5, 0.6) is 0 Å². The van der Waals surface area contributed by atoms with E-state index in [1.807, 2.05) is 0 Å². The van der Waals surface area contributed by atoms with Crippen molar-refractivity contribution in [3.8, 4) is 0 Å². The standard InChI is InChI=1S/C12H15ClFN/c1-3-15-12-7(2)4-9-10(12)5-8(14)6-11(9)13/h5-7,12,15H,3-4H2,1-2H3. The maximum absolute atomic E-state index is 13.3. The SMILES string of the molecule is CCNC1c2cc(F)cc(Cl)c2CC1C. The van der Waals surface area contributed by atoms with Crippen LogP contribution in [0, 0.1) is 11.7 Å². The second-order valence-electron chi connectivity index (χ2n) is 4.17. The first-order chi connectivity index (χ1) is 7.13. The molecule has 1 aromatic rings. The lowest BCUT2D eigenvalue weighted by molar-refractivity contribution is 0.425. The second kappa shape index (κ2) is 4.11. The van der Waals surface area contributed by atoms with E-state index >= 15 is 0 Å². The Hall–Kier alpha value is -0.600. The molecule has 1 N–H and O–H groups in total. The van der Waals surface area contributed by atoms with Gasteiger partial charge in [0.2, 0.25) is 0 Å². The van der Waals surface area contributed by atoms with Crippen LogP contribution in [-0.4, -0.2) is 6.54 Å². The van der Waals surface area contributed by atoms with Gasteiger partial charge >= 0.3 is 0 Å². The first-order valence-electron chi connectivity index (χ1n) is 5.34. The smallest absolute Gasteiger partial charge is 0.125 e. The largest absolute Gasteiger partial charge is 0.310 e. The molecule has 2 unspecified atom stereocenters. The molecule has 1 aliphatic carbocycles. The summed E-state index contributed by atoms with van der Waals surface area (Å²) in [6, 6.07) is 3.26. The molecule has 1 aromatic carbocycles. The van der Waals surface area contributed by atoms with Crippen LogP contribution in [-0.2, 0) is 6.42 Å².